The summed E-state index contributed by atoms with van der Waals surface area (Å²) in [6, 6.07) is 11.5. The summed E-state index contributed by atoms with van der Waals surface area (Å²) in [5, 5.41) is 22.9. The van der Waals surface area contributed by atoms with Crippen molar-refractivity contribution in [3.63, 3.8) is 0 Å². The van der Waals surface area contributed by atoms with Crippen LogP contribution >= 0.6 is 0 Å². The number of nitro benzene ring substituents is 1. The molecule has 3 rings (SSSR count). The van der Waals surface area contributed by atoms with Gasteiger partial charge in [0.25, 0.3) is 17.5 Å². The van der Waals surface area contributed by atoms with Crippen LogP contribution in [0.5, 0.6) is 0 Å². The molecule has 0 bridgehead atoms. The molecule has 1 aliphatic heterocycles. The molecule has 1 unspecified atom stereocenters. The number of rotatable bonds is 3. The van der Waals surface area contributed by atoms with E-state index in [0.29, 0.717) is 5.69 Å². The van der Waals surface area contributed by atoms with Crippen molar-refractivity contribution in [2.75, 3.05) is 5.32 Å². The van der Waals surface area contributed by atoms with Crippen molar-refractivity contribution in [3.8, 4) is 0 Å². The van der Waals surface area contributed by atoms with Gasteiger partial charge in [-0.05, 0) is 17.7 Å². The van der Waals surface area contributed by atoms with E-state index in [1.165, 1.54) is 6.07 Å². The van der Waals surface area contributed by atoms with Gasteiger partial charge in [0.15, 0.2) is 0 Å². The molecule has 1 aliphatic rings. The highest BCUT2D eigenvalue weighted by atomic mass is 16.6. The minimum absolute atomic E-state index is 0.000619. The van der Waals surface area contributed by atoms with Gasteiger partial charge in [0.2, 0.25) is 5.91 Å². The number of nitrogens with one attached hydrogen (secondary N) is 1. The van der Waals surface area contributed by atoms with Gasteiger partial charge in [-0.15, -0.1) is 0 Å². The van der Waals surface area contributed by atoms with Crippen molar-refractivity contribution in [3.05, 3.63) is 69.8 Å². The Morgan fingerprint density at radius 3 is 2.48 bits per heavy atom. The van der Waals surface area contributed by atoms with E-state index in [2.05, 4.69) is 5.32 Å². The molecule has 1 atom stereocenters. The fourth-order valence-electron chi connectivity index (χ4n) is 2.55. The third kappa shape index (κ3) is 2.83. The first-order valence-electron chi connectivity index (χ1n) is 7.11. The van der Waals surface area contributed by atoms with Crippen LogP contribution in [0.2, 0.25) is 0 Å². The lowest BCUT2D eigenvalue weighted by molar-refractivity contribution is -0.384. The first-order chi connectivity index (χ1) is 11.9. The monoisotopic (exact) mass is 341 g/mol. The summed E-state index contributed by atoms with van der Waals surface area (Å²) >= 11 is 0. The molecule has 0 aromatic heterocycles. The number of hydrogen-bond donors (Lipinski definition) is 2. The van der Waals surface area contributed by atoms with Crippen LogP contribution in [0.1, 0.15) is 21.8 Å². The number of hydrogen-bond acceptors (Lipinski definition) is 6. The van der Waals surface area contributed by atoms with E-state index in [1.54, 1.807) is 30.3 Å². The summed E-state index contributed by atoms with van der Waals surface area (Å²) < 4.78 is 0. The molecule has 25 heavy (non-hydrogen) atoms. The van der Waals surface area contributed by atoms with Gasteiger partial charge in [-0.3, -0.25) is 29.7 Å². The topological polar surface area (TPSA) is 130 Å². The zero-order valence-corrected chi connectivity index (χ0v) is 12.6. The molecule has 9 heteroatoms. The van der Waals surface area contributed by atoms with E-state index < -0.39 is 34.3 Å². The lowest BCUT2D eigenvalue weighted by Crippen LogP contribution is -2.46. The maximum Gasteiger partial charge on any atom is 0.285 e. The van der Waals surface area contributed by atoms with E-state index in [0.717, 1.165) is 12.1 Å². The standard InChI is InChI=1S/C16H11N3O6/c20-14(17-9-4-2-1-3-5-9)13-11-7-6-10(19(24)25)8-12(11)15(21)18(23)16(13)22/h1-8,13,23H,(H,17,20). The van der Waals surface area contributed by atoms with Crippen LogP contribution in [0.15, 0.2) is 48.5 Å². The van der Waals surface area contributed by atoms with E-state index in [9.17, 15) is 29.7 Å². The second-order valence-electron chi connectivity index (χ2n) is 5.27. The van der Waals surface area contributed by atoms with Crippen LogP contribution in [0.25, 0.3) is 0 Å². The van der Waals surface area contributed by atoms with Crippen LogP contribution in [0.4, 0.5) is 11.4 Å². The number of non-ortho nitro benzene ring substituents is 1. The first kappa shape index (κ1) is 16.3. The number of imide groups is 1. The van der Waals surface area contributed by atoms with Crippen molar-refractivity contribution >= 4 is 29.1 Å². The van der Waals surface area contributed by atoms with Crippen LogP contribution in [0, 0.1) is 10.1 Å². The summed E-state index contributed by atoms with van der Waals surface area (Å²) in [5.41, 5.74) is -0.244. The Kier molecular flexibility index (Phi) is 3.99. The number of hydroxylamine groups is 2. The van der Waals surface area contributed by atoms with Crippen LogP contribution in [-0.2, 0) is 9.59 Å². The fourth-order valence-corrected chi connectivity index (χ4v) is 2.55. The van der Waals surface area contributed by atoms with Gasteiger partial charge in [-0.25, -0.2) is 0 Å². The number of fused-ring (bicyclic) bond motifs is 1. The quantitative estimate of drug-likeness (QED) is 0.287. The van der Waals surface area contributed by atoms with Gasteiger partial charge >= 0.3 is 0 Å². The zero-order valence-electron chi connectivity index (χ0n) is 12.6. The largest absolute Gasteiger partial charge is 0.325 e. The van der Waals surface area contributed by atoms with Gasteiger partial charge in [0.1, 0.15) is 5.92 Å². The third-order valence-corrected chi connectivity index (χ3v) is 3.74. The third-order valence-electron chi connectivity index (χ3n) is 3.74. The molecular weight excluding hydrogens is 330 g/mol. The van der Waals surface area contributed by atoms with Crippen LogP contribution in [-0.4, -0.2) is 32.9 Å². The van der Waals surface area contributed by atoms with Gasteiger partial charge in [-0.1, -0.05) is 24.3 Å². The molecule has 0 aliphatic carbocycles. The molecule has 126 valence electrons. The molecule has 9 nitrogen and oxygen atoms in total. The van der Waals surface area contributed by atoms with Gasteiger partial charge in [0.05, 0.1) is 10.5 Å². The smallest absolute Gasteiger partial charge is 0.285 e. The summed E-state index contributed by atoms with van der Waals surface area (Å²) in [4.78, 5) is 46.9. The average molecular weight is 341 g/mol. The molecule has 2 N–H and O–H groups in total. The predicted molar refractivity (Wildman–Crippen MR) is 83.9 cm³/mol. The second kappa shape index (κ2) is 6.13. The maximum atomic E-state index is 12.5. The number of nitro groups is 1. The summed E-state index contributed by atoms with van der Waals surface area (Å²) in [5.74, 6) is -4.51. The summed E-state index contributed by atoms with van der Waals surface area (Å²) in [7, 11) is 0. The summed E-state index contributed by atoms with van der Waals surface area (Å²) in [6.45, 7) is 0. The lowest BCUT2D eigenvalue weighted by Gasteiger charge is -2.27. The number of anilines is 1. The Balaban J connectivity index is 2.03. The molecule has 0 saturated carbocycles. The Morgan fingerprint density at radius 2 is 1.84 bits per heavy atom. The highest BCUT2D eigenvalue weighted by Crippen LogP contribution is 2.32. The molecule has 0 spiro atoms. The highest BCUT2D eigenvalue weighted by molar-refractivity contribution is 6.20. The van der Waals surface area contributed by atoms with Crippen molar-refractivity contribution in [1.29, 1.82) is 0 Å². The molecule has 0 saturated heterocycles. The lowest BCUT2D eigenvalue weighted by atomic mass is 9.88. The van der Waals surface area contributed by atoms with Crippen molar-refractivity contribution in [1.82, 2.24) is 5.06 Å². The average Bonchev–Trinajstić information content (AvgIpc) is 2.60. The second-order valence-corrected chi connectivity index (χ2v) is 5.27. The van der Waals surface area contributed by atoms with Crippen LogP contribution in [0.3, 0.4) is 0 Å². The van der Waals surface area contributed by atoms with E-state index in [-0.39, 0.29) is 16.2 Å². The summed E-state index contributed by atoms with van der Waals surface area (Å²) in [6.07, 6.45) is 0. The number of amides is 3. The molecule has 0 radical (unpaired) electrons. The molecule has 1 heterocycles. The SMILES string of the molecule is O=C(Nc1ccccc1)C1C(=O)N(O)C(=O)c2cc([N+](=O)[O-])ccc21. The maximum absolute atomic E-state index is 12.5. The first-order valence-corrected chi connectivity index (χ1v) is 7.11. The number of carbonyl (C=O) groups excluding carboxylic acids is 3. The van der Waals surface area contributed by atoms with Gasteiger partial charge in [0, 0.05) is 17.8 Å². The molecule has 2 aromatic carbocycles. The number of nitrogens with zero attached hydrogens (tertiary/aromatic N) is 2. The Morgan fingerprint density at radius 1 is 1.16 bits per heavy atom. The fraction of sp³-hybridized carbons (Fsp3) is 0.0625. The van der Waals surface area contributed by atoms with Gasteiger partial charge in [-0.2, -0.15) is 5.06 Å². The minimum Gasteiger partial charge on any atom is -0.325 e. The Hall–Kier alpha value is -3.59. The van der Waals surface area contributed by atoms with E-state index >= 15 is 0 Å². The number of carbonyl (C=O) groups is 3. The van der Waals surface area contributed by atoms with Crippen LogP contribution < -0.4 is 5.32 Å². The van der Waals surface area contributed by atoms with Crippen molar-refractivity contribution < 1.29 is 24.5 Å². The Labute approximate surface area is 140 Å². The number of para-hydroxylation sites is 1. The molecule has 0 fully saturated rings. The van der Waals surface area contributed by atoms with Crippen molar-refractivity contribution in [2.45, 2.75) is 5.92 Å². The normalized spacial score (nSPS) is 16.4. The van der Waals surface area contributed by atoms with Crippen molar-refractivity contribution in [2.24, 2.45) is 0 Å². The molecular formula is C16H11N3O6. The Bertz CT molecular complexity index is 896. The predicted octanol–water partition coefficient (Wildman–Crippen LogP) is 1.69. The zero-order chi connectivity index (χ0) is 18.1. The minimum atomic E-state index is -1.50. The van der Waals surface area contributed by atoms with E-state index in [1.807, 2.05) is 0 Å². The molecule has 2 aromatic rings. The van der Waals surface area contributed by atoms with E-state index in [4.69, 9.17) is 0 Å². The van der Waals surface area contributed by atoms with Gasteiger partial charge < -0.3 is 5.32 Å². The molecule has 3 amide bonds. The number of benzene rings is 2. The highest BCUT2D eigenvalue weighted by Gasteiger charge is 2.43.